The maximum Gasteiger partial charge on any atom is 0.0762 e. The van der Waals surface area contributed by atoms with Gasteiger partial charge in [0.2, 0.25) is 0 Å². The first-order valence-corrected chi connectivity index (χ1v) is 6.25. The third-order valence-corrected chi connectivity index (χ3v) is 3.10. The zero-order valence-electron chi connectivity index (χ0n) is 11.2. The van der Waals surface area contributed by atoms with E-state index in [9.17, 15) is 0 Å². The molecule has 16 heavy (non-hydrogen) atoms. The molecule has 1 N–H and O–H groups in total. The van der Waals surface area contributed by atoms with E-state index in [2.05, 4.69) is 51.1 Å². The molecular formula is C13H25N3. The first-order chi connectivity index (χ1) is 7.50. The minimum absolute atomic E-state index is 0.448. The largest absolute Gasteiger partial charge is 0.311 e. The van der Waals surface area contributed by atoms with Gasteiger partial charge in [0, 0.05) is 18.8 Å². The number of hydrogen-bond donors (Lipinski definition) is 1. The number of nitrogens with one attached hydrogen (secondary N) is 1. The van der Waals surface area contributed by atoms with Crippen LogP contribution in [0.1, 0.15) is 46.4 Å². The van der Waals surface area contributed by atoms with Crippen molar-refractivity contribution >= 4 is 0 Å². The first kappa shape index (κ1) is 13.2. The summed E-state index contributed by atoms with van der Waals surface area (Å²) in [6.07, 6.45) is 2.05. The second kappa shape index (κ2) is 6.04. The summed E-state index contributed by atoms with van der Waals surface area (Å²) in [6.45, 7) is 13.0. The average Bonchev–Trinajstić information content (AvgIpc) is 2.66. The summed E-state index contributed by atoms with van der Waals surface area (Å²) in [7, 11) is 0. The quantitative estimate of drug-likeness (QED) is 0.803. The van der Waals surface area contributed by atoms with Gasteiger partial charge >= 0.3 is 0 Å². The van der Waals surface area contributed by atoms with Gasteiger partial charge in [-0.25, -0.2) is 0 Å². The van der Waals surface area contributed by atoms with Crippen molar-refractivity contribution in [3.8, 4) is 0 Å². The van der Waals surface area contributed by atoms with E-state index in [1.54, 1.807) is 0 Å². The molecule has 1 aromatic heterocycles. The molecule has 0 bridgehead atoms. The minimum atomic E-state index is 0.448. The molecule has 1 unspecified atom stereocenters. The van der Waals surface area contributed by atoms with Gasteiger partial charge in [0.05, 0.1) is 5.69 Å². The zero-order chi connectivity index (χ0) is 12.1. The highest BCUT2D eigenvalue weighted by atomic mass is 15.3. The monoisotopic (exact) mass is 223 g/mol. The Kier molecular flexibility index (Phi) is 5.00. The third-order valence-electron chi connectivity index (χ3n) is 3.10. The molecule has 1 atom stereocenters. The predicted molar refractivity (Wildman–Crippen MR) is 68.3 cm³/mol. The molecule has 0 saturated heterocycles. The Bertz CT molecular complexity index is 302. The lowest BCUT2D eigenvalue weighted by Crippen LogP contribution is -2.24. The molecule has 0 fully saturated rings. The van der Waals surface area contributed by atoms with Crippen molar-refractivity contribution in [2.45, 2.75) is 47.2 Å². The van der Waals surface area contributed by atoms with Crippen LogP contribution in [0.2, 0.25) is 0 Å². The van der Waals surface area contributed by atoms with E-state index in [-0.39, 0.29) is 0 Å². The molecule has 3 heteroatoms. The van der Waals surface area contributed by atoms with Crippen LogP contribution in [0.4, 0.5) is 0 Å². The van der Waals surface area contributed by atoms with Gasteiger partial charge in [0.25, 0.3) is 0 Å². The summed E-state index contributed by atoms with van der Waals surface area (Å²) in [5.41, 5.74) is 1.13. The smallest absolute Gasteiger partial charge is 0.0762 e. The van der Waals surface area contributed by atoms with E-state index < -0.39 is 0 Å². The van der Waals surface area contributed by atoms with Crippen LogP contribution >= 0.6 is 0 Å². The van der Waals surface area contributed by atoms with Crippen molar-refractivity contribution in [2.75, 3.05) is 6.54 Å². The fourth-order valence-electron chi connectivity index (χ4n) is 1.42. The highest BCUT2D eigenvalue weighted by molar-refractivity contribution is 4.99. The zero-order valence-corrected chi connectivity index (χ0v) is 11.2. The van der Waals surface area contributed by atoms with E-state index in [1.165, 1.54) is 0 Å². The molecule has 0 amide bonds. The fraction of sp³-hybridized carbons (Fsp3) is 0.769. The van der Waals surface area contributed by atoms with Crippen LogP contribution in [0.15, 0.2) is 12.3 Å². The van der Waals surface area contributed by atoms with Gasteiger partial charge in [-0.2, -0.15) is 5.10 Å². The van der Waals surface area contributed by atoms with Crippen LogP contribution in [-0.4, -0.2) is 16.3 Å². The second-order valence-corrected chi connectivity index (χ2v) is 5.23. The molecule has 0 saturated carbocycles. The molecule has 0 radical (unpaired) electrons. The summed E-state index contributed by atoms with van der Waals surface area (Å²) in [5, 5.41) is 7.96. The number of nitrogens with zero attached hydrogens (tertiary/aromatic N) is 2. The lowest BCUT2D eigenvalue weighted by molar-refractivity contribution is 0.390. The summed E-state index contributed by atoms with van der Waals surface area (Å²) in [4.78, 5) is 0. The Morgan fingerprint density at radius 1 is 1.25 bits per heavy atom. The lowest BCUT2D eigenvalue weighted by Gasteiger charge is -2.15. The van der Waals surface area contributed by atoms with E-state index in [0.717, 1.165) is 24.7 Å². The van der Waals surface area contributed by atoms with E-state index in [4.69, 9.17) is 0 Å². The first-order valence-electron chi connectivity index (χ1n) is 6.25. The van der Waals surface area contributed by atoms with E-state index in [1.807, 2.05) is 10.9 Å². The highest BCUT2D eigenvalue weighted by Crippen LogP contribution is 2.08. The van der Waals surface area contributed by atoms with Gasteiger partial charge in [-0.3, -0.25) is 4.68 Å². The van der Waals surface area contributed by atoms with Gasteiger partial charge < -0.3 is 5.32 Å². The van der Waals surface area contributed by atoms with Crippen molar-refractivity contribution in [3.05, 3.63) is 18.0 Å². The van der Waals surface area contributed by atoms with Crippen LogP contribution in [0.5, 0.6) is 0 Å². The van der Waals surface area contributed by atoms with Gasteiger partial charge in [0.15, 0.2) is 0 Å². The Hall–Kier alpha value is -0.830. The van der Waals surface area contributed by atoms with Crippen molar-refractivity contribution in [3.63, 3.8) is 0 Å². The number of hydrogen-bond acceptors (Lipinski definition) is 2. The van der Waals surface area contributed by atoms with Crippen LogP contribution < -0.4 is 5.32 Å². The molecule has 1 heterocycles. The number of aromatic nitrogens is 2. The van der Waals surface area contributed by atoms with Gasteiger partial charge in [0.1, 0.15) is 0 Å². The Balaban J connectivity index is 2.32. The van der Waals surface area contributed by atoms with Gasteiger partial charge in [-0.05, 0) is 38.3 Å². The van der Waals surface area contributed by atoms with Crippen LogP contribution in [-0.2, 0) is 6.54 Å². The SMILES string of the molecule is CC(C)C(C)CNCc1ccn(C(C)C)n1. The van der Waals surface area contributed by atoms with Crippen molar-refractivity contribution < 1.29 is 0 Å². The van der Waals surface area contributed by atoms with E-state index in [0.29, 0.717) is 12.0 Å². The summed E-state index contributed by atoms with van der Waals surface area (Å²) < 4.78 is 2.00. The second-order valence-electron chi connectivity index (χ2n) is 5.23. The third kappa shape index (κ3) is 3.97. The molecule has 0 aliphatic rings. The fourth-order valence-corrected chi connectivity index (χ4v) is 1.42. The molecule has 0 aromatic carbocycles. The maximum atomic E-state index is 4.51. The van der Waals surface area contributed by atoms with Crippen molar-refractivity contribution in [1.82, 2.24) is 15.1 Å². The standard InChI is InChI=1S/C13H25N3/c1-10(2)12(5)8-14-9-13-6-7-16(15-13)11(3)4/h6-7,10-12,14H,8-9H2,1-5H3. The van der Waals surface area contributed by atoms with Gasteiger partial charge in [-0.1, -0.05) is 20.8 Å². The molecule has 1 aromatic rings. The summed E-state index contributed by atoms with van der Waals surface area (Å²) >= 11 is 0. The molecule has 92 valence electrons. The average molecular weight is 223 g/mol. The Morgan fingerprint density at radius 3 is 2.44 bits per heavy atom. The molecule has 0 spiro atoms. The Labute approximate surface area is 99.2 Å². The summed E-state index contributed by atoms with van der Waals surface area (Å²) in [5.74, 6) is 1.45. The van der Waals surface area contributed by atoms with Crippen molar-refractivity contribution in [2.24, 2.45) is 11.8 Å². The Morgan fingerprint density at radius 2 is 1.94 bits per heavy atom. The molecule has 0 aliphatic carbocycles. The molecular weight excluding hydrogens is 198 g/mol. The van der Waals surface area contributed by atoms with Crippen LogP contribution in [0.25, 0.3) is 0 Å². The molecule has 3 nitrogen and oxygen atoms in total. The van der Waals surface area contributed by atoms with Gasteiger partial charge in [-0.15, -0.1) is 0 Å². The molecule has 1 rings (SSSR count). The van der Waals surface area contributed by atoms with Crippen molar-refractivity contribution in [1.29, 1.82) is 0 Å². The normalized spacial score (nSPS) is 13.7. The number of rotatable bonds is 6. The lowest BCUT2D eigenvalue weighted by atomic mass is 9.98. The predicted octanol–water partition coefficient (Wildman–Crippen LogP) is 2.85. The highest BCUT2D eigenvalue weighted by Gasteiger charge is 2.07. The topological polar surface area (TPSA) is 29.9 Å². The van der Waals surface area contributed by atoms with Crippen LogP contribution in [0, 0.1) is 11.8 Å². The summed E-state index contributed by atoms with van der Waals surface area (Å²) in [6, 6.07) is 2.54. The minimum Gasteiger partial charge on any atom is -0.311 e. The molecule has 0 aliphatic heterocycles. The van der Waals surface area contributed by atoms with E-state index >= 15 is 0 Å². The van der Waals surface area contributed by atoms with Crippen LogP contribution in [0.3, 0.4) is 0 Å². The maximum absolute atomic E-state index is 4.51.